The highest BCUT2D eigenvalue weighted by Gasteiger charge is 2.34. The van der Waals surface area contributed by atoms with Gasteiger partial charge >= 0.3 is 0 Å². The van der Waals surface area contributed by atoms with Crippen LogP contribution in [0.1, 0.15) is 46.7 Å². The maximum Gasteiger partial charge on any atom is 0.261 e. The molecule has 0 aliphatic carbocycles. The van der Waals surface area contributed by atoms with Crippen LogP contribution >= 0.6 is 11.3 Å². The van der Waals surface area contributed by atoms with Gasteiger partial charge < -0.3 is 20.1 Å². The Morgan fingerprint density at radius 3 is 2.65 bits per heavy atom. The Morgan fingerprint density at radius 1 is 1.27 bits per heavy atom. The molecule has 4 heterocycles. The Kier molecular flexibility index (Phi) is 4.81. The van der Waals surface area contributed by atoms with Crippen molar-refractivity contribution in [2.24, 2.45) is 0 Å². The number of carbonyl (C=O) groups excluding carboxylic acids is 1. The zero-order valence-corrected chi connectivity index (χ0v) is 16.1. The summed E-state index contributed by atoms with van der Waals surface area (Å²) in [5.74, 6) is 1.03. The van der Waals surface area contributed by atoms with Crippen molar-refractivity contribution in [3.05, 3.63) is 16.3 Å². The Labute approximate surface area is 156 Å². The summed E-state index contributed by atoms with van der Waals surface area (Å²) in [6.45, 7) is 2.24. The summed E-state index contributed by atoms with van der Waals surface area (Å²) >= 11 is 1.39. The molecule has 2 aromatic heterocycles. The SMILES string of the molecule is COCc1nc(OC)c2c(C)c(C(=O)NC3CC4CCC(C3)N4)sc2n1. The van der Waals surface area contributed by atoms with Gasteiger partial charge in [-0.2, -0.15) is 4.98 Å². The summed E-state index contributed by atoms with van der Waals surface area (Å²) in [5.41, 5.74) is 0.875. The van der Waals surface area contributed by atoms with Gasteiger partial charge in [-0.15, -0.1) is 11.3 Å². The highest BCUT2D eigenvalue weighted by atomic mass is 32.1. The average Bonchev–Trinajstić information content (AvgIpc) is 3.14. The third kappa shape index (κ3) is 3.17. The fourth-order valence-electron chi connectivity index (χ4n) is 4.13. The van der Waals surface area contributed by atoms with E-state index in [1.807, 2.05) is 6.92 Å². The Balaban J connectivity index is 1.61. The molecule has 140 valence electrons. The summed E-state index contributed by atoms with van der Waals surface area (Å²) in [7, 11) is 3.19. The number of fused-ring (bicyclic) bond motifs is 3. The Morgan fingerprint density at radius 2 is 2.00 bits per heavy atom. The monoisotopic (exact) mass is 376 g/mol. The number of nitrogens with one attached hydrogen (secondary N) is 2. The van der Waals surface area contributed by atoms with Crippen molar-refractivity contribution in [1.82, 2.24) is 20.6 Å². The van der Waals surface area contributed by atoms with E-state index < -0.39 is 0 Å². The molecule has 0 saturated carbocycles. The molecule has 2 atom stereocenters. The second kappa shape index (κ2) is 7.09. The van der Waals surface area contributed by atoms with Crippen LogP contribution in [0.4, 0.5) is 0 Å². The van der Waals surface area contributed by atoms with Gasteiger partial charge in [-0.3, -0.25) is 4.79 Å². The lowest BCUT2D eigenvalue weighted by Crippen LogP contribution is -2.48. The van der Waals surface area contributed by atoms with Gasteiger partial charge in [0.1, 0.15) is 11.4 Å². The molecule has 4 rings (SSSR count). The van der Waals surface area contributed by atoms with Gasteiger partial charge in [-0.1, -0.05) is 0 Å². The smallest absolute Gasteiger partial charge is 0.261 e. The van der Waals surface area contributed by atoms with Gasteiger partial charge in [0.05, 0.1) is 17.4 Å². The number of aryl methyl sites for hydroxylation is 1. The first kappa shape index (κ1) is 17.6. The molecular formula is C18H24N4O3S. The molecular weight excluding hydrogens is 352 g/mol. The number of aromatic nitrogens is 2. The topological polar surface area (TPSA) is 85.4 Å². The van der Waals surface area contributed by atoms with Crippen molar-refractivity contribution in [3.8, 4) is 5.88 Å². The van der Waals surface area contributed by atoms with Gasteiger partial charge in [0.15, 0.2) is 5.82 Å². The molecule has 7 nitrogen and oxygen atoms in total. The Hall–Kier alpha value is -1.77. The molecule has 2 bridgehead atoms. The molecule has 2 unspecified atom stereocenters. The average molecular weight is 376 g/mol. The van der Waals surface area contributed by atoms with Gasteiger partial charge in [-0.05, 0) is 38.2 Å². The summed E-state index contributed by atoms with van der Waals surface area (Å²) in [6.07, 6.45) is 4.45. The number of hydrogen-bond acceptors (Lipinski definition) is 7. The Bertz CT molecular complexity index is 825. The van der Waals surface area contributed by atoms with E-state index in [0.29, 0.717) is 35.3 Å². The van der Waals surface area contributed by atoms with Gasteiger partial charge in [0.2, 0.25) is 5.88 Å². The molecule has 2 aliphatic rings. The largest absolute Gasteiger partial charge is 0.480 e. The van der Waals surface area contributed by atoms with E-state index in [-0.39, 0.29) is 11.9 Å². The minimum absolute atomic E-state index is 0.0212. The predicted octanol–water partition coefficient (Wildman–Crippen LogP) is 2.17. The van der Waals surface area contributed by atoms with Gasteiger partial charge in [-0.25, -0.2) is 4.98 Å². The summed E-state index contributed by atoms with van der Waals surface area (Å²) in [6, 6.07) is 1.33. The highest BCUT2D eigenvalue weighted by Crippen LogP contribution is 2.35. The second-order valence-corrected chi connectivity index (χ2v) is 8.10. The number of ether oxygens (including phenoxy) is 2. The van der Waals surface area contributed by atoms with Crippen LogP contribution in [0.2, 0.25) is 0 Å². The predicted molar refractivity (Wildman–Crippen MR) is 99.9 cm³/mol. The van der Waals surface area contributed by atoms with Crippen molar-refractivity contribution >= 4 is 27.5 Å². The zero-order chi connectivity index (χ0) is 18.3. The van der Waals surface area contributed by atoms with Crippen LogP contribution in [0.5, 0.6) is 5.88 Å². The van der Waals surface area contributed by atoms with Crippen LogP contribution in [0.25, 0.3) is 10.2 Å². The van der Waals surface area contributed by atoms with Crippen LogP contribution < -0.4 is 15.4 Å². The molecule has 8 heteroatoms. The number of thiophene rings is 1. The number of rotatable bonds is 5. The maximum absolute atomic E-state index is 12.9. The van der Waals surface area contributed by atoms with Crippen molar-refractivity contribution in [3.63, 3.8) is 0 Å². The van der Waals surface area contributed by atoms with E-state index in [9.17, 15) is 4.79 Å². The van der Waals surface area contributed by atoms with E-state index in [2.05, 4.69) is 20.6 Å². The summed E-state index contributed by atoms with van der Waals surface area (Å²) < 4.78 is 10.6. The summed E-state index contributed by atoms with van der Waals surface area (Å²) in [5, 5.41) is 7.65. The van der Waals surface area contributed by atoms with Crippen molar-refractivity contribution in [2.45, 2.75) is 57.3 Å². The number of piperidine rings is 1. The molecule has 2 N–H and O–H groups in total. The molecule has 0 aromatic carbocycles. The van der Waals surface area contributed by atoms with Crippen molar-refractivity contribution in [1.29, 1.82) is 0 Å². The molecule has 1 amide bonds. The number of amides is 1. The molecule has 0 radical (unpaired) electrons. The number of methoxy groups -OCH3 is 2. The lowest BCUT2D eigenvalue weighted by Gasteiger charge is -2.29. The number of nitrogens with zero attached hydrogens (tertiary/aromatic N) is 2. The molecule has 2 saturated heterocycles. The first-order valence-electron chi connectivity index (χ1n) is 8.99. The van der Waals surface area contributed by atoms with Gasteiger partial charge in [0.25, 0.3) is 5.91 Å². The van der Waals surface area contributed by atoms with Crippen molar-refractivity contribution < 1.29 is 14.3 Å². The molecule has 2 fully saturated rings. The first-order valence-corrected chi connectivity index (χ1v) is 9.80. The van der Waals surface area contributed by atoms with E-state index in [1.54, 1.807) is 14.2 Å². The number of carbonyl (C=O) groups is 1. The number of hydrogen-bond donors (Lipinski definition) is 2. The highest BCUT2D eigenvalue weighted by molar-refractivity contribution is 7.20. The van der Waals surface area contributed by atoms with E-state index >= 15 is 0 Å². The normalized spacial score (nSPS) is 24.8. The fourth-order valence-corrected chi connectivity index (χ4v) is 5.22. The van der Waals surface area contributed by atoms with Crippen LogP contribution in [-0.4, -0.2) is 48.2 Å². The maximum atomic E-state index is 12.9. The molecule has 2 aliphatic heterocycles. The quantitative estimate of drug-likeness (QED) is 0.832. The van der Waals surface area contributed by atoms with Gasteiger partial charge in [0, 0.05) is 25.2 Å². The minimum atomic E-state index is -0.0212. The molecule has 26 heavy (non-hydrogen) atoms. The lowest BCUT2D eigenvalue weighted by atomic mass is 9.99. The second-order valence-electron chi connectivity index (χ2n) is 7.10. The van der Waals surface area contributed by atoms with Crippen LogP contribution in [0, 0.1) is 6.92 Å². The molecule has 0 spiro atoms. The standard InChI is InChI=1S/C18H24N4O3S/c1-9-14-17(25-3)21-13(8-24-2)22-18(14)26-15(9)16(23)20-12-6-10-4-5-11(7-12)19-10/h10-12,19H,4-8H2,1-3H3,(H,20,23). The lowest BCUT2D eigenvalue weighted by molar-refractivity contribution is 0.0927. The van der Waals surface area contributed by atoms with Crippen LogP contribution in [0.15, 0.2) is 0 Å². The van der Waals surface area contributed by atoms with E-state index in [4.69, 9.17) is 9.47 Å². The first-order chi connectivity index (χ1) is 12.6. The minimum Gasteiger partial charge on any atom is -0.480 e. The third-order valence-corrected chi connectivity index (χ3v) is 6.47. The van der Waals surface area contributed by atoms with Crippen LogP contribution in [-0.2, 0) is 11.3 Å². The fraction of sp³-hybridized carbons (Fsp3) is 0.611. The third-order valence-electron chi connectivity index (χ3n) is 5.28. The van der Waals surface area contributed by atoms with E-state index in [0.717, 1.165) is 28.6 Å². The van der Waals surface area contributed by atoms with Crippen molar-refractivity contribution in [2.75, 3.05) is 14.2 Å². The zero-order valence-electron chi connectivity index (χ0n) is 15.3. The van der Waals surface area contributed by atoms with E-state index in [1.165, 1.54) is 24.2 Å². The summed E-state index contributed by atoms with van der Waals surface area (Å²) in [4.78, 5) is 23.3. The van der Waals surface area contributed by atoms with Crippen LogP contribution in [0.3, 0.4) is 0 Å². The molecule has 2 aromatic rings.